The summed E-state index contributed by atoms with van der Waals surface area (Å²) in [6, 6.07) is 0.548. The van der Waals surface area contributed by atoms with Gasteiger partial charge in [-0.25, -0.2) is 9.67 Å². The first-order chi connectivity index (χ1) is 8.92. The average molecular weight is 250 g/mol. The van der Waals surface area contributed by atoms with Gasteiger partial charge in [-0.3, -0.25) is 0 Å². The number of aromatic nitrogens is 3. The second-order valence-electron chi connectivity index (χ2n) is 5.49. The Kier molecular flexibility index (Phi) is 3.90. The highest BCUT2D eigenvalue weighted by atomic mass is 16.5. The van der Waals surface area contributed by atoms with Crippen LogP contribution in [0.15, 0.2) is 12.7 Å². The number of hydrogen-bond donors (Lipinski definition) is 0. The normalized spacial score (nSPS) is 27.4. The van der Waals surface area contributed by atoms with Crippen LogP contribution < -0.4 is 0 Å². The fraction of sp³-hybridized carbons (Fsp3) is 0.846. The maximum atomic E-state index is 5.55. The first-order valence-electron chi connectivity index (χ1n) is 7.06. The summed E-state index contributed by atoms with van der Waals surface area (Å²) in [6.07, 6.45) is 8.43. The Morgan fingerprint density at radius 3 is 2.78 bits per heavy atom. The second-order valence-corrected chi connectivity index (χ2v) is 5.49. The number of ether oxygens (including phenoxy) is 1. The fourth-order valence-electron chi connectivity index (χ4n) is 3.09. The summed E-state index contributed by atoms with van der Waals surface area (Å²) in [5, 5.41) is 4.25. The summed E-state index contributed by atoms with van der Waals surface area (Å²) in [5.74, 6) is 0.752. The lowest BCUT2D eigenvalue weighted by Gasteiger charge is -2.35. The van der Waals surface area contributed by atoms with Gasteiger partial charge in [0.2, 0.25) is 0 Å². The third-order valence-electron chi connectivity index (χ3n) is 4.14. The topological polar surface area (TPSA) is 43.2 Å². The average Bonchev–Trinajstić information content (AvgIpc) is 2.95. The van der Waals surface area contributed by atoms with Crippen molar-refractivity contribution in [3.63, 3.8) is 0 Å². The largest absolute Gasteiger partial charge is 0.381 e. The molecule has 18 heavy (non-hydrogen) atoms. The molecule has 2 fully saturated rings. The predicted molar refractivity (Wildman–Crippen MR) is 68.3 cm³/mol. The zero-order chi connectivity index (χ0) is 12.2. The van der Waals surface area contributed by atoms with Crippen molar-refractivity contribution in [2.24, 2.45) is 5.92 Å². The van der Waals surface area contributed by atoms with Crippen LogP contribution in [0.1, 0.15) is 31.7 Å². The summed E-state index contributed by atoms with van der Waals surface area (Å²) < 4.78 is 7.57. The predicted octanol–water partition coefficient (Wildman–Crippen LogP) is 1.34. The van der Waals surface area contributed by atoms with E-state index < -0.39 is 0 Å². The minimum Gasteiger partial charge on any atom is -0.381 e. The van der Waals surface area contributed by atoms with Crippen molar-refractivity contribution < 1.29 is 4.74 Å². The van der Waals surface area contributed by atoms with E-state index in [2.05, 4.69) is 15.0 Å². The molecule has 0 aliphatic carbocycles. The molecule has 5 nitrogen and oxygen atoms in total. The molecule has 1 aromatic heterocycles. The van der Waals surface area contributed by atoms with Gasteiger partial charge in [0.25, 0.3) is 0 Å². The number of likely N-dealkylation sites (tertiary alicyclic amines) is 1. The first-order valence-corrected chi connectivity index (χ1v) is 7.06. The maximum Gasteiger partial charge on any atom is 0.137 e. The van der Waals surface area contributed by atoms with Gasteiger partial charge >= 0.3 is 0 Å². The third-order valence-corrected chi connectivity index (χ3v) is 4.14. The molecule has 3 heterocycles. The van der Waals surface area contributed by atoms with Gasteiger partial charge in [-0.15, -0.1) is 0 Å². The van der Waals surface area contributed by atoms with Gasteiger partial charge in [-0.2, -0.15) is 5.10 Å². The number of nitrogens with zero attached hydrogens (tertiary/aromatic N) is 4. The van der Waals surface area contributed by atoms with Crippen molar-refractivity contribution in [3.05, 3.63) is 12.7 Å². The lowest BCUT2D eigenvalue weighted by Crippen LogP contribution is -2.39. The van der Waals surface area contributed by atoms with Crippen LogP contribution in [0.5, 0.6) is 0 Å². The summed E-state index contributed by atoms with van der Waals surface area (Å²) in [4.78, 5) is 6.62. The van der Waals surface area contributed by atoms with Crippen LogP contribution in [0.2, 0.25) is 0 Å². The van der Waals surface area contributed by atoms with Crippen LogP contribution in [-0.4, -0.2) is 52.5 Å². The maximum absolute atomic E-state index is 5.55. The molecule has 0 amide bonds. The monoisotopic (exact) mass is 250 g/mol. The van der Waals surface area contributed by atoms with Crippen LogP contribution in [0, 0.1) is 5.92 Å². The van der Waals surface area contributed by atoms with Crippen LogP contribution in [-0.2, 0) is 4.74 Å². The number of piperidine rings is 1. The highest BCUT2D eigenvalue weighted by Crippen LogP contribution is 2.23. The molecule has 1 aromatic rings. The Balaban J connectivity index is 1.45. The summed E-state index contributed by atoms with van der Waals surface area (Å²) in [7, 11) is 0. The quantitative estimate of drug-likeness (QED) is 0.812. The Morgan fingerprint density at radius 1 is 1.22 bits per heavy atom. The van der Waals surface area contributed by atoms with E-state index in [1.165, 1.54) is 45.3 Å². The van der Waals surface area contributed by atoms with Gasteiger partial charge in [0.15, 0.2) is 0 Å². The number of rotatable bonds is 3. The summed E-state index contributed by atoms with van der Waals surface area (Å²) in [5.41, 5.74) is 0. The molecule has 0 saturated carbocycles. The zero-order valence-electron chi connectivity index (χ0n) is 10.9. The Bertz CT molecular complexity index is 340. The number of hydrogen-bond acceptors (Lipinski definition) is 4. The highest BCUT2D eigenvalue weighted by molar-refractivity contribution is 4.79. The molecule has 1 atom stereocenters. The lowest BCUT2D eigenvalue weighted by molar-refractivity contribution is 0.0327. The van der Waals surface area contributed by atoms with Crippen molar-refractivity contribution in [1.82, 2.24) is 19.7 Å². The molecular weight excluding hydrogens is 228 g/mol. The van der Waals surface area contributed by atoms with Crippen molar-refractivity contribution in [2.45, 2.75) is 31.7 Å². The van der Waals surface area contributed by atoms with E-state index in [9.17, 15) is 0 Å². The van der Waals surface area contributed by atoms with E-state index in [-0.39, 0.29) is 0 Å². The molecule has 2 saturated heterocycles. The van der Waals surface area contributed by atoms with Gasteiger partial charge in [0.05, 0.1) is 12.6 Å². The van der Waals surface area contributed by atoms with E-state index in [1.54, 1.807) is 6.33 Å². The highest BCUT2D eigenvalue weighted by Gasteiger charge is 2.23. The van der Waals surface area contributed by atoms with Gasteiger partial charge < -0.3 is 9.64 Å². The third kappa shape index (κ3) is 2.90. The SMILES string of the molecule is c1ncn(C2CCN(C[C@H]3CCCOC3)CC2)n1. The second kappa shape index (κ2) is 5.80. The zero-order valence-corrected chi connectivity index (χ0v) is 10.9. The molecule has 5 heteroatoms. The molecule has 2 aliphatic heterocycles. The molecule has 2 aliphatic rings. The molecule has 100 valence electrons. The first kappa shape index (κ1) is 12.1. The lowest BCUT2D eigenvalue weighted by atomic mass is 9.99. The van der Waals surface area contributed by atoms with E-state index >= 15 is 0 Å². The Morgan fingerprint density at radius 2 is 2.11 bits per heavy atom. The minimum atomic E-state index is 0.548. The van der Waals surface area contributed by atoms with Gasteiger partial charge in [-0.05, 0) is 31.6 Å². The smallest absolute Gasteiger partial charge is 0.137 e. The van der Waals surface area contributed by atoms with Crippen LogP contribution in [0.4, 0.5) is 0 Å². The van der Waals surface area contributed by atoms with Gasteiger partial charge in [0, 0.05) is 26.2 Å². The van der Waals surface area contributed by atoms with Crippen LogP contribution >= 0.6 is 0 Å². The van der Waals surface area contributed by atoms with Gasteiger partial charge in [0.1, 0.15) is 12.7 Å². The van der Waals surface area contributed by atoms with Crippen LogP contribution in [0.3, 0.4) is 0 Å². The molecular formula is C13H22N4O. The molecule has 0 spiro atoms. The van der Waals surface area contributed by atoms with Crippen molar-refractivity contribution in [1.29, 1.82) is 0 Å². The molecule has 0 aromatic carbocycles. The Hall–Kier alpha value is -0.940. The van der Waals surface area contributed by atoms with Crippen molar-refractivity contribution >= 4 is 0 Å². The Labute approximate surface area is 108 Å². The molecule has 0 N–H and O–H groups in total. The van der Waals surface area contributed by atoms with Crippen LogP contribution in [0.25, 0.3) is 0 Å². The minimum absolute atomic E-state index is 0.548. The molecule has 0 bridgehead atoms. The van der Waals surface area contributed by atoms with E-state index in [0.29, 0.717) is 6.04 Å². The molecule has 0 unspecified atom stereocenters. The van der Waals surface area contributed by atoms with Crippen molar-refractivity contribution in [3.8, 4) is 0 Å². The summed E-state index contributed by atoms with van der Waals surface area (Å²) >= 11 is 0. The molecule has 3 rings (SSSR count). The standard InChI is InChI=1S/C13H22N4O/c1-2-12(9-18-7-1)8-16-5-3-13(4-6-16)17-11-14-10-15-17/h10-13H,1-9H2/t12-/m1/s1. The summed E-state index contributed by atoms with van der Waals surface area (Å²) in [6.45, 7) is 5.50. The fourth-order valence-corrected chi connectivity index (χ4v) is 3.09. The van der Waals surface area contributed by atoms with E-state index in [1.807, 2.05) is 11.0 Å². The van der Waals surface area contributed by atoms with Crippen molar-refractivity contribution in [2.75, 3.05) is 32.8 Å². The van der Waals surface area contributed by atoms with E-state index in [4.69, 9.17) is 4.74 Å². The molecule has 0 radical (unpaired) electrons. The van der Waals surface area contributed by atoms with Gasteiger partial charge in [-0.1, -0.05) is 0 Å². The van der Waals surface area contributed by atoms with E-state index in [0.717, 1.165) is 19.1 Å².